The number of anilines is 2. The van der Waals surface area contributed by atoms with Crippen molar-refractivity contribution in [1.82, 2.24) is 35.3 Å². The molecule has 1 fully saturated rings. The molecule has 2 aromatic rings. The SMILES string of the molecule is CC(=O)Nc1ncc(NC(=O)N[C@@H](C(=O)NC2C(=O)N3C(C(=O)[O-])=C(CSC4=CNN(C)S4)CS[C@H]23)c2ccc(O)cc2)c(=O)[nH]1.[Na+]. The summed E-state index contributed by atoms with van der Waals surface area (Å²) in [6.07, 6.45) is 2.79. The predicted octanol–water partition coefficient (Wildman–Crippen LogP) is -3.67. The Hall–Kier alpha value is -3.66. The van der Waals surface area contributed by atoms with E-state index in [2.05, 4.69) is 36.7 Å². The summed E-state index contributed by atoms with van der Waals surface area (Å²) in [4.78, 5) is 82.6. The van der Waals surface area contributed by atoms with Crippen LogP contribution in [-0.2, 0) is 19.2 Å². The molecule has 21 heteroatoms. The molecule has 1 aromatic carbocycles. The van der Waals surface area contributed by atoms with Gasteiger partial charge in [-0.3, -0.25) is 34.4 Å². The fourth-order valence-electron chi connectivity index (χ4n) is 4.55. The molecule has 3 aliphatic heterocycles. The second-order valence-corrected chi connectivity index (χ2v) is 13.4. The number of H-pyrrole nitrogens is 1. The molecular formula is C26H26N9NaO8S3. The Labute approximate surface area is 301 Å². The number of urea groups is 1. The number of aromatic amines is 1. The average molecular weight is 712 g/mol. The first kappa shape index (κ1) is 36.2. The van der Waals surface area contributed by atoms with Gasteiger partial charge < -0.3 is 36.4 Å². The minimum atomic E-state index is -1.50. The number of carboxylic acid groups (broad SMARTS) is 1. The molecule has 0 bridgehead atoms. The van der Waals surface area contributed by atoms with E-state index in [1.807, 2.05) is 7.05 Å². The van der Waals surface area contributed by atoms with E-state index in [4.69, 9.17) is 0 Å². The van der Waals surface area contributed by atoms with Crippen LogP contribution in [0.25, 0.3) is 0 Å². The van der Waals surface area contributed by atoms with Gasteiger partial charge in [-0.15, -0.1) is 23.5 Å². The van der Waals surface area contributed by atoms with E-state index in [1.54, 1.807) is 10.6 Å². The molecule has 1 aromatic heterocycles. The number of thioether (sulfide) groups is 2. The summed E-state index contributed by atoms with van der Waals surface area (Å²) in [5.74, 6) is -3.09. The number of rotatable bonds is 10. The van der Waals surface area contributed by atoms with Gasteiger partial charge in [0.05, 0.1) is 22.1 Å². The average Bonchev–Trinajstić information content (AvgIpc) is 3.43. The summed E-state index contributed by atoms with van der Waals surface area (Å²) in [7, 11) is 1.83. The summed E-state index contributed by atoms with van der Waals surface area (Å²) in [5, 5.41) is 30.7. The topological polar surface area (TPSA) is 241 Å². The van der Waals surface area contributed by atoms with Gasteiger partial charge in [0, 0.05) is 31.7 Å². The van der Waals surface area contributed by atoms with Gasteiger partial charge in [0.1, 0.15) is 28.9 Å². The quantitative estimate of drug-likeness (QED) is 0.0715. The number of nitrogens with one attached hydrogen (secondary N) is 6. The van der Waals surface area contributed by atoms with Crippen molar-refractivity contribution >= 4 is 76.8 Å². The van der Waals surface area contributed by atoms with Gasteiger partial charge >= 0.3 is 35.6 Å². The Morgan fingerprint density at radius 1 is 1.19 bits per heavy atom. The van der Waals surface area contributed by atoms with Crippen LogP contribution in [0.15, 0.2) is 57.0 Å². The molecule has 17 nitrogen and oxygen atoms in total. The van der Waals surface area contributed by atoms with E-state index in [1.165, 1.54) is 66.7 Å². The number of hydrogen-bond donors (Lipinski definition) is 7. The number of carbonyl (C=O) groups is 5. The van der Waals surface area contributed by atoms with Gasteiger partial charge in [0.15, 0.2) is 0 Å². The molecule has 0 aliphatic carbocycles. The standard InChI is InChI=1S/C26H27N9O8S3.Na/c1-11(36)29-25-27-7-15(20(38)33-25)30-26(43)32-17(12-3-5-14(37)6-4-12)21(39)31-18-22(40)35-19(24(41)42)13(10-45-23(18)35)9-44-16-8-28-34(2)46-16;/h3-8,17-18,23,28,37H,9-10H2,1-2H3,(H,31,39)(H,41,42)(H2,30,32,43)(H2,27,29,33,36,38);/q;+1/p-1/t17-,18?,23-;/m1./s1. The first-order valence-electron chi connectivity index (χ1n) is 13.3. The fraction of sp³-hybridized carbons (Fsp3) is 0.269. The van der Waals surface area contributed by atoms with E-state index in [0.29, 0.717) is 11.3 Å². The van der Waals surface area contributed by atoms with Crippen LogP contribution in [0.2, 0.25) is 0 Å². The van der Waals surface area contributed by atoms with Crippen LogP contribution in [0.1, 0.15) is 18.5 Å². The van der Waals surface area contributed by atoms with Gasteiger partial charge in [-0.25, -0.2) is 9.78 Å². The number of carbonyl (C=O) groups excluding carboxylic acids is 5. The van der Waals surface area contributed by atoms with E-state index >= 15 is 0 Å². The predicted molar refractivity (Wildman–Crippen MR) is 168 cm³/mol. The molecule has 1 unspecified atom stereocenters. The minimum absolute atomic E-state index is 0. The van der Waals surface area contributed by atoms with Crippen LogP contribution >= 0.6 is 35.5 Å². The van der Waals surface area contributed by atoms with E-state index in [0.717, 1.165) is 15.3 Å². The van der Waals surface area contributed by atoms with Crippen molar-refractivity contribution in [1.29, 1.82) is 0 Å². The molecular weight excluding hydrogens is 686 g/mol. The molecule has 0 saturated carbocycles. The summed E-state index contributed by atoms with van der Waals surface area (Å²) < 4.78 is 2.70. The second kappa shape index (κ2) is 15.5. The molecule has 4 heterocycles. The molecule has 3 atom stereocenters. The van der Waals surface area contributed by atoms with Crippen molar-refractivity contribution in [2.24, 2.45) is 0 Å². The zero-order valence-corrected chi connectivity index (χ0v) is 29.4. The molecule has 242 valence electrons. The summed E-state index contributed by atoms with van der Waals surface area (Å²) >= 11 is 4.13. The van der Waals surface area contributed by atoms with Crippen molar-refractivity contribution in [2.75, 3.05) is 29.2 Å². The molecule has 5 amide bonds. The normalized spacial score (nSPS) is 19.2. The molecule has 1 saturated heterocycles. The van der Waals surface area contributed by atoms with E-state index in [-0.39, 0.29) is 64.0 Å². The van der Waals surface area contributed by atoms with Gasteiger partial charge in [0.25, 0.3) is 11.5 Å². The Morgan fingerprint density at radius 2 is 1.91 bits per heavy atom. The number of phenols is 1. The molecule has 7 N–H and O–H groups in total. The van der Waals surface area contributed by atoms with Crippen molar-refractivity contribution in [3.05, 3.63) is 68.1 Å². The largest absolute Gasteiger partial charge is 1.00 e. The van der Waals surface area contributed by atoms with Crippen LogP contribution in [0.3, 0.4) is 0 Å². The maximum absolute atomic E-state index is 13.5. The van der Waals surface area contributed by atoms with Crippen molar-refractivity contribution in [3.8, 4) is 5.75 Å². The number of β-lactam (4-membered cyclic amide) rings is 1. The molecule has 0 spiro atoms. The number of phenolic OH excluding ortho intramolecular Hbond substituents is 1. The number of nitrogens with zero attached hydrogens (tertiary/aromatic N) is 3. The van der Waals surface area contributed by atoms with E-state index in [9.17, 15) is 39.0 Å². The number of benzene rings is 1. The Kier molecular flexibility index (Phi) is 11.9. The number of carboxylic acids is 1. The van der Waals surface area contributed by atoms with Crippen LogP contribution in [0, 0.1) is 0 Å². The minimum Gasteiger partial charge on any atom is -0.543 e. The van der Waals surface area contributed by atoms with Gasteiger partial charge in [-0.1, -0.05) is 12.1 Å². The first-order valence-corrected chi connectivity index (χ1v) is 16.1. The first-order chi connectivity index (χ1) is 21.9. The maximum atomic E-state index is 13.5. The van der Waals surface area contributed by atoms with Crippen LogP contribution in [-0.4, -0.2) is 84.1 Å². The molecule has 3 aliphatic rings. The van der Waals surface area contributed by atoms with Crippen LogP contribution in [0.4, 0.5) is 16.4 Å². The Balaban J connectivity index is 0.00000500. The molecule has 5 rings (SSSR count). The van der Waals surface area contributed by atoms with Gasteiger partial charge in [-0.05, 0) is 35.2 Å². The number of fused-ring (bicyclic) bond motifs is 1. The van der Waals surface area contributed by atoms with Crippen molar-refractivity contribution in [3.63, 3.8) is 0 Å². The summed E-state index contributed by atoms with van der Waals surface area (Å²) in [6.45, 7) is 1.22. The third kappa shape index (κ3) is 8.44. The van der Waals surface area contributed by atoms with Gasteiger partial charge in [-0.2, -0.15) is 4.41 Å². The van der Waals surface area contributed by atoms with Crippen molar-refractivity contribution in [2.45, 2.75) is 24.4 Å². The maximum Gasteiger partial charge on any atom is 1.00 e. The number of aromatic nitrogens is 2. The smallest absolute Gasteiger partial charge is 0.543 e. The molecule has 0 radical (unpaired) electrons. The number of aliphatic carboxylic acids is 1. The third-order valence-corrected chi connectivity index (χ3v) is 10.1. The fourth-order valence-corrected chi connectivity index (χ4v) is 7.92. The number of aromatic hydroxyl groups is 1. The Bertz CT molecular complexity index is 1720. The molecule has 47 heavy (non-hydrogen) atoms. The zero-order chi connectivity index (χ0) is 33.1. The summed E-state index contributed by atoms with van der Waals surface area (Å²) in [6, 6.07) is 1.85. The van der Waals surface area contributed by atoms with Crippen molar-refractivity contribution < 1.29 is 63.7 Å². The van der Waals surface area contributed by atoms with Gasteiger partial charge in [0.2, 0.25) is 17.8 Å². The zero-order valence-electron chi connectivity index (χ0n) is 25.0. The van der Waals surface area contributed by atoms with Crippen LogP contribution in [0.5, 0.6) is 5.75 Å². The second-order valence-electron chi connectivity index (χ2n) is 9.88. The number of amides is 5. The number of hydrogen-bond acceptors (Lipinski definition) is 14. The Morgan fingerprint density at radius 3 is 2.53 bits per heavy atom. The third-order valence-electron chi connectivity index (χ3n) is 6.62. The van der Waals surface area contributed by atoms with E-state index < -0.39 is 52.7 Å². The monoisotopic (exact) mass is 711 g/mol. The summed E-state index contributed by atoms with van der Waals surface area (Å²) in [5.41, 5.74) is 2.43. The number of hydrazine groups is 1. The van der Waals surface area contributed by atoms with Crippen LogP contribution < -0.4 is 66.9 Å².